The zero-order valence-corrected chi connectivity index (χ0v) is 13.8. The minimum atomic E-state index is 0.0595. The van der Waals surface area contributed by atoms with Crippen LogP contribution in [0.5, 0.6) is 0 Å². The topological polar surface area (TPSA) is 41.1 Å². The molecule has 4 heteroatoms. The molecule has 1 aliphatic carbocycles. The lowest BCUT2D eigenvalue weighted by Crippen LogP contribution is -2.28. The summed E-state index contributed by atoms with van der Waals surface area (Å²) in [7, 11) is 0. The highest BCUT2D eigenvalue weighted by molar-refractivity contribution is 6.31. The maximum atomic E-state index is 11.8. The Morgan fingerprint density at radius 3 is 2.82 bits per heavy atom. The predicted molar refractivity (Wildman–Crippen MR) is 92.0 cm³/mol. The third-order valence-corrected chi connectivity index (χ3v) is 4.34. The number of carbonyl (C=O) groups excluding carboxylic acids is 1. The quantitative estimate of drug-likeness (QED) is 0.564. The minimum Gasteiger partial charge on any atom is -0.352 e. The first-order valence-corrected chi connectivity index (χ1v) is 8.52. The molecule has 22 heavy (non-hydrogen) atoms. The van der Waals surface area contributed by atoms with Crippen molar-refractivity contribution in [3.05, 3.63) is 46.5 Å². The zero-order chi connectivity index (χ0) is 15.6. The molecular formula is C18H25ClN2O. The molecule has 1 aliphatic rings. The van der Waals surface area contributed by atoms with E-state index in [1.807, 2.05) is 24.3 Å². The fraction of sp³-hybridized carbons (Fsp3) is 0.500. The van der Waals surface area contributed by atoms with E-state index in [1.54, 1.807) is 5.57 Å². The van der Waals surface area contributed by atoms with Crippen LogP contribution in [0.2, 0.25) is 5.02 Å². The molecular weight excluding hydrogens is 296 g/mol. The van der Waals surface area contributed by atoms with Crippen molar-refractivity contribution in [2.75, 3.05) is 13.1 Å². The molecule has 2 N–H and O–H groups in total. The molecule has 0 aromatic heterocycles. The van der Waals surface area contributed by atoms with Crippen LogP contribution < -0.4 is 10.6 Å². The SMILES string of the molecule is O=C(CCNCCC1=CCCCC1)NCc1ccccc1Cl. The molecule has 0 saturated carbocycles. The average molecular weight is 321 g/mol. The summed E-state index contributed by atoms with van der Waals surface area (Å²) >= 11 is 6.06. The lowest BCUT2D eigenvalue weighted by atomic mass is 9.97. The van der Waals surface area contributed by atoms with E-state index in [0.29, 0.717) is 18.0 Å². The molecule has 0 spiro atoms. The lowest BCUT2D eigenvalue weighted by Gasteiger charge is -2.13. The van der Waals surface area contributed by atoms with Crippen LogP contribution in [0, 0.1) is 0 Å². The van der Waals surface area contributed by atoms with Gasteiger partial charge in [0.25, 0.3) is 0 Å². The summed E-state index contributed by atoms with van der Waals surface area (Å²) in [6.07, 6.45) is 9.14. The van der Waals surface area contributed by atoms with Gasteiger partial charge in [0.1, 0.15) is 0 Å². The predicted octanol–water partition coefficient (Wildman–Crippen LogP) is 3.83. The fourth-order valence-electron chi connectivity index (χ4n) is 2.63. The van der Waals surface area contributed by atoms with Gasteiger partial charge in [0.15, 0.2) is 0 Å². The number of allylic oxidation sites excluding steroid dienone is 1. The van der Waals surface area contributed by atoms with Crippen LogP contribution in [0.4, 0.5) is 0 Å². The Labute approximate surface area is 138 Å². The summed E-state index contributed by atoms with van der Waals surface area (Å²) in [4.78, 5) is 11.8. The second-order valence-electron chi connectivity index (χ2n) is 5.73. The second kappa shape index (κ2) is 9.65. The van der Waals surface area contributed by atoms with Crippen molar-refractivity contribution in [3.63, 3.8) is 0 Å². The van der Waals surface area contributed by atoms with Crippen molar-refractivity contribution in [3.8, 4) is 0 Å². The molecule has 1 aromatic rings. The van der Waals surface area contributed by atoms with Crippen LogP contribution >= 0.6 is 11.6 Å². The molecule has 0 bridgehead atoms. The van der Waals surface area contributed by atoms with Crippen LogP contribution in [0.1, 0.15) is 44.1 Å². The number of rotatable bonds is 8. The van der Waals surface area contributed by atoms with Crippen LogP contribution in [-0.4, -0.2) is 19.0 Å². The third kappa shape index (κ3) is 6.20. The number of nitrogens with one attached hydrogen (secondary N) is 2. The molecule has 0 fully saturated rings. The van der Waals surface area contributed by atoms with Crippen LogP contribution in [0.15, 0.2) is 35.9 Å². The summed E-state index contributed by atoms with van der Waals surface area (Å²) in [6, 6.07) is 7.58. The summed E-state index contributed by atoms with van der Waals surface area (Å²) in [5, 5.41) is 6.95. The molecule has 0 aliphatic heterocycles. The maximum absolute atomic E-state index is 11.8. The molecule has 0 heterocycles. The normalized spacial score (nSPS) is 14.5. The Morgan fingerprint density at radius 2 is 2.05 bits per heavy atom. The highest BCUT2D eigenvalue weighted by Crippen LogP contribution is 2.19. The van der Waals surface area contributed by atoms with Gasteiger partial charge in [-0.1, -0.05) is 41.4 Å². The van der Waals surface area contributed by atoms with Gasteiger partial charge in [-0.05, 0) is 50.3 Å². The number of carbonyl (C=O) groups is 1. The monoisotopic (exact) mass is 320 g/mol. The van der Waals surface area contributed by atoms with Crippen molar-refractivity contribution in [2.24, 2.45) is 0 Å². The van der Waals surface area contributed by atoms with E-state index >= 15 is 0 Å². The van der Waals surface area contributed by atoms with E-state index in [4.69, 9.17) is 11.6 Å². The van der Waals surface area contributed by atoms with Gasteiger partial charge in [-0.3, -0.25) is 4.79 Å². The van der Waals surface area contributed by atoms with E-state index in [9.17, 15) is 4.79 Å². The van der Waals surface area contributed by atoms with Gasteiger partial charge < -0.3 is 10.6 Å². The molecule has 0 saturated heterocycles. The number of halogens is 1. The fourth-order valence-corrected chi connectivity index (χ4v) is 2.83. The van der Waals surface area contributed by atoms with Gasteiger partial charge in [-0.2, -0.15) is 0 Å². The van der Waals surface area contributed by atoms with Crippen LogP contribution in [0.3, 0.4) is 0 Å². The molecule has 1 amide bonds. The average Bonchev–Trinajstić information content (AvgIpc) is 2.55. The minimum absolute atomic E-state index is 0.0595. The van der Waals surface area contributed by atoms with Crippen molar-refractivity contribution in [2.45, 2.75) is 45.1 Å². The highest BCUT2D eigenvalue weighted by Gasteiger charge is 2.05. The summed E-state index contributed by atoms with van der Waals surface area (Å²) in [5.74, 6) is 0.0595. The van der Waals surface area contributed by atoms with E-state index in [-0.39, 0.29) is 5.91 Å². The first kappa shape index (κ1) is 17.0. The van der Waals surface area contributed by atoms with Gasteiger partial charge in [0, 0.05) is 24.5 Å². The molecule has 0 radical (unpaired) electrons. The van der Waals surface area contributed by atoms with E-state index < -0.39 is 0 Å². The van der Waals surface area contributed by atoms with E-state index in [1.165, 1.54) is 25.7 Å². The number of hydrogen-bond acceptors (Lipinski definition) is 2. The van der Waals surface area contributed by atoms with Gasteiger partial charge in [-0.25, -0.2) is 0 Å². The number of benzene rings is 1. The van der Waals surface area contributed by atoms with Crippen molar-refractivity contribution in [1.29, 1.82) is 0 Å². The van der Waals surface area contributed by atoms with Crippen molar-refractivity contribution < 1.29 is 4.79 Å². The first-order valence-electron chi connectivity index (χ1n) is 8.14. The summed E-state index contributed by atoms with van der Waals surface area (Å²) in [5.41, 5.74) is 2.52. The Hall–Kier alpha value is -1.32. The Morgan fingerprint density at radius 1 is 1.18 bits per heavy atom. The highest BCUT2D eigenvalue weighted by atomic mass is 35.5. The summed E-state index contributed by atoms with van der Waals surface area (Å²) in [6.45, 7) is 2.18. The molecule has 120 valence electrons. The standard InChI is InChI=1S/C18H25ClN2O/c19-17-9-5-4-8-16(17)14-21-18(22)11-13-20-12-10-15-6-2-1-3-7-15/h4-6,8-9,20H,1-3,7,10-14H2,(H,21,22). The number of hydrogen-bond donors (Lipinski definition) is 2. The number of amides is 1. The van der Waals surface area contributed by atoms with Gasteiger partial charge in [0.05, 0.1) is 0 Å². The Kier molecular flexibility index (Phi) is 7.47. The first-order chi connectivity index (χ1) is 10.8. The zero-order valence-electron chi connectivity index (χ0n) is 13.0. The van der Waals surface area contributed by atoms with Crippen LogP contribution in [0.25, 0.3) is 0 Å². The van der Waals surface area contributed by atoms with Gasteiger partial charge in [0.2, 0.25) is 5.91 Å². The molecule has 2 rings (SSSR count). The second-order valence-corrected chi connectivity index (χ2v) is 6.13. The van der Waals surface area contributed by atoms with Crippen molar-refractivity contribution >= 4 is 17.5 Å². The van der Waals surface area contributed by atoms with Crippen LogP contribution in [-0.2, 0) is 11.3 Å². The van der Waals surface area contributed by atoms with Gasteiger partial charge in [-0.15, -0.1) is 0 Å². The molecule has 3 nitrogen and oxygen atoms in total. The summed E-state index contributed by atoms with van der Waals surface area (Å²) < 4.78 is 0. The molecule has 1 aromatic carbocycles. The largest absolute Gasteiger partial charge is 0.352 e. The third-order valence-electron chi connectivity index (χ3n) is 3.97. The molecule has 0 unspecified atom stereocenters. The lowest BCUT2D eigenvalue weighted by molar-refractivity contribution is -0.121. The van der Waals surface area contributed by atoms with E-state index in [2.05, 4.69) is 16.7 Å². The Bertz CT molecular complexity index is 514. The smallest absolute Gasteiger partial charge is 0.221 e. The van der Waals surface area contributed by atoms with Crippen molar-refractivity contribution in [1.82, 2.24) is 10.6 Å². The van der Waals surface area contributed by atoms with Gasteiger partial charge >= 0.3 is 0 Å². The van der Waals surface area contributed by atoms with E-state index in [0.717, 1.165) is 25.1 Å². The Balaban J connectivity index is 1.54. The molecule has 0 atom stereocenters. The maximum Gasteiger partial charge on any atom is 0.221 e.